The average Bonchev–Trinajstić information content (AvgIpc) is 3.19. The van der Waals surface area contributed by atoms with Crippen LogP contribution < -0.4 is 24.9 Å². The monoisotopic (exact) mass is 517 g/mol. The van der Waals surface area contributed by atoms with Crippen molar-refractivity contribution in [2.75, 3.05) is 5.32 Å². The van der Waals surface area contributed by atoms with E-state index in [1.54, 1.807) is 37.3 Å². The molecule has 4 aromatic rings. The molecular formula is C28H21F2N3O3S. The number of carbonyl (C=O) groups excluding carboxylic acids is 1. The molecule has 0 bridgehead atoms. The maximum atomic E-state index is 13.7. The van der Waals surface area contributed by atoms with Crippen molar-refractivity contribution in [2.45, 2.75) is 19.6 Å². The van der Waals surface area contributed by atoms with Crippen LogP contribution in [-0.4, -0.2) is 17.1 Å². The summed E-state index contributed by atoms with van der Waals surface area (Å²) < 4.78 is 31.2. The lowest BCUT2D eigenvalue weighted by atomic mass is 9.95. The van der Waals surface area contributed by atoms with Gasteiger partial charge in [0.1, 0.15) is 5.75 Å². The van der Waals surface area contributed by atoms with Crippen LogP contribution in [0.25, 0.3) is 6.08 Å². The lowest BCUT2D eigenvalue weighted by molar-refractivity contribution is -0.113. The Morgan fingerprint density at radius 1 is 1.03 bits per heavy atom. The molecule has 3 aromatic carbocycles. The van der Waals surface area contributed by atoms with Crippen LogP contribution >= 0.6 is 11.3 Å². The molecule has 37 heavy (non-hydrogen) atoms. The maximum absolute atomic E-state index is 13.7. The van der Waals surface area contributed by atoms with Crippen molar-refractivity contribution < 1.29 is 18.3 Å². The van der Waals surface area contributed by atoms with Gasteiger partial charge >= 0.3 is 6.61 Å². The Bertz CT molecular complexity index is 1640. The number of fused-ring (bicyclic) bond motifs is 1. The Kier molecular flexibility index (Phi) is 6.78. The van der Waals surface area contributed by atoms with Crippen LogP contribution in [0.5, 0.6) is 5.75 Å². The molecular weight excluding hydrogens is 496 g/mol. The van der Waals surface area contributed by atoms with E-state index in [2.05, 4.69) is 15.0 Å². The van der Waals surface area contributed by atoms with Gasteiger partial charge in [0.15, 0.2) is 4.80 Å². The van der Waals surface area contributed by atoms with E-state index >= 15 is 0 Å². The van der Waals surface area contributed by atoms with E-state index in [-0.39, 0.29) is 17.2 Å². The van der Waals surface area contributed by atoms with Crippen molar-refractivity contribution in [3.05, 3.63) is 127 Å². The summed E-state index contributed by atoms with van der Waals surface area (Å²) in [5.41, 5.74) is 2.64. The SMILES string of the molecule is CC1=C(C(=O)Nc2ccccc2)[C@@H](c2ccccc2)n2c(s/c(=C/c3ccc(OC(F)F)cc3)c2=O)=N1. The Morgan fingerprint density at radius 3 is 2.32 bits per heavy atom. The zero-order valence-electron chi connectivity index (χ0n) is 19.6. The minimum Gasteiger partial charge on any atom is -0.435 e. The fourth-order valence-corrected chi connectivity index (χ4v) is 5.23. The van der Waals surface area contributed by atoms with Gasteiger partial charge in [-0.05, 0) is 48.4 Å². The van der Waals surface area contributed by atoms with E-state index in [1.807, 2.05) is 48.5 Å². The molecule has 9 heteroatoms. The first kappa shape index (κ1) is 24.3. The second-order valence-corrected chi connectivity index (χ2v) is 9.27. The number of thiazole rings is 1. The molecule has 0 saturated carbocycles. The van der Waals surface area contributed by atoms with Crippen LogP contribution in [-0.2, 0) is 4.79 Å². The molecule has 186 valence electrons. The predicted octanol–water partition coefficient (Wildman–Crippen LogP) is 4.48. The smallest absolute Gasteiger partial charge is 0.387 e. The van der Waals surface area contributed by atoms with Gasteiger partial charge in [-0.1, -0.05) is 72.0 Å². The van der Waals surface area contributed by atoms with E-state index in [9.17, 15) is 18.4 Å². The number of benzene rings is 3. The number of halogens is 2. The number of carbonyl (C=O) groups is 1. The number of nitrogens with one attached hydrogen (secondary N) is 1. The summed E-state index contributed by atoms with van der Waals surface area (Å²) in [5.74, 6) is -0.312. The number of aromatic nitrogens is 1. The number of ether oxygens (including phenoxy) is 1. The Hall–Kier alpha value is -4.37. The molecule has 1 atom stereocenters. The lowest BCUT2D eigenvalue weighted by Crippen LogP contribution is -2.40. The van der Waals surface area contributed by atoms with Gasteiger partial charge in [-0.15, -0.1) is 0 Å². The molecule has 0 radical (unpaired) electrons. The molecule has 0 aliphatic carbocycles. The highest BCUT2D eigenvalue weighted by molar-refractivity contribution is 7.07. The van der Waals surface area contributed by atoms with Crippen LogP contribution in [0.15, 0.2) is 106 Å². The van der Waals surface area contributed by atoms with Crippen molar-refractivity contribution in [3.63, 3.8) is 0 Å². The molecule has 1 aliphatic heterocycles. The number of rotatable bonds is 6. The highest BCUT2D eigenvalue weighted by atomic mass is 32.1. The molecule has 2 heterocycles. The number of amides is 1. The number of anilines is 1. The second-order valence-electron chi connectivity index (χ2n) is 8.26. The van der Waals surface area contributed by atoms with Crippen molar-refractivity contribution in [1.82, 2.24) is 4.57 Å². The molecule has 6 nitrogen and oxygen atoms in total. The molecule has 0 saturated heterocycles. The van der Waals surface area contributed by atoms with Gasteiger partial charge in [0.2, 0.25) is 0 Å². The third-order valence-corrected chi connectivity index (χ3v) is 6.80. The molecule has 1 amide bonds. The third kappa shape index (κ3) is 5.12. The quantitative estimate of drug-likeness (QED) is 0.410. The van der Waals surface area contributed by atoms with Gasteiger partial charge < -0.3 is 10.1 Å². The summed E-state index contributed by atoms with van der Waals surface area (Å²) in [6.07, 6.45) is 1.67. The number of allylic oxidation sites excluding steroid dienone is 1. The predicted molar refractivity (Wildman–Crippen MR) is 138 cm³/mol. The fourth-order valence-electron chi connectivity index (χ4n) is 4.18. The second kappa shape index (κ2) is 10.3. The third-order valence-electron chi connectivity index (χ3n) is 5.82. The van der Waals surface area contributed by atoms with Gasteiger partial charge in [-0.2, -0.15) is 8.78 Å². The van der Waals surface area contributed by atoms with E-state index in [0.29, 0.717) is 31.9 Å². The Balaban J connectivity index is 1.60. The summed E-state index contributed by atoms with van der Waals surface area (Å²) >= 11 is 1.20. The average molecular weight is 518 g/mol. The Morgan fingerprint density at radius 2 is 1.68 bits per heavy atom. The number of para-hydroxylation sites is 1. The van der Waals surface area contributed by atoms with Crippen molar-refractivity contribution in [3.8, 4) is 5.75 Å². The van der Waals surface area contributed by atoms with Crippen LogP contribution in [0.1, 0.15) is 24.1 Å². The lowest BCUT2D eigenvalue weighted by Gasteiger charge is -2.25. The van der Waals surface area contributed by atoms with Gasteiger partial charge in [0.25, 0.3) is 11.5 Å². The molecule has 0 fully saturated rings. The summed E-state index contributed by atoms with van der Waals surface area (Å²) in [5, 5.41) is 2.92. The summed E-state index contributed by atoms with van der Waals surface area (Å²) in [7, 11) is 0. The van der Waals surface area contributed by atoms with Crippen LogP contribution in [0.3, 0.4) is 0 Å². The molecule has 1 aromatic heterocycles. The first-order valence-corrected chi connectivity index (χ1v) is 12.2. The normalized spacial score (nSPS) is 15.4. The number of alkyl halides is 2. The van der Waals surface area contributed by atoms with Gasteiger partial charge in [-0.3, -0.25) is 14.2 Å². The fraction of sp³-hybridized carbons (Fsp3) is 0.107. The summed E-state index contributed by atoms with van der Waals surface area (Å²) in [6.45, 7) is -1.15. The zero-order chi connectivity index (χ0) is 25.9. The Labute approximate surface area is 214 Å². The van der Waals surface area contributed by atoms with Crippen LogP contribution in [0.2, 0.25) is 0 Å². The van der Waals surface area contributed by atoms with Crippen molar-refractivity contribution in [1.29, 1.82) is 0 Å². The van der Waals surface area contributed by atoms with E-state index in [4.69, 9.17) is 0 Å². The molecule has 1 aliphatic rings. The number of nitrogens with zero attached hydrogens (tertiary/aromatic N) is 2. The standard InChI is InChI=1S/C28H21F2N3O3S/c1-17-23(25(34)32-20-10-6-3-7-11-20)24(19-8-4-2-5-9-19)33-26(35)22(37-28(33)31-17)16-18-12-14-21(15-13-18)36-27(29)30/h2-16,24,27H,1H3,(H,32,34)/b22-16+/t24-/m1/s1. The highest BCUT2D eigenvalue weighted by Crippen LogP contribution is 2.30. The topological polar surface area (TPSA) is 72.7 Å². The van der Waals surface area contributed by atoms with E-state index in [1.165, 1.54) is 28.0 Å². The van der Waals surface area contributed by atoms with Crippen molar-refractivity contribution in [2.24, 2.45) is 4.99 Å². The molecule has 1 N–H and O–H groups in total. The minimum absolute atomic E-state index is 0.0300. The first-order chi connectivity index (χ1) is 17.9. The van der Waals surface area contributed by atoms with Crippen molar-refractivity contribution >= 4 is 29.0 Å². The zero-order valence-corrected chi connectivity index (χ0v) is 20.4. The highest BCUT2D eigenvalue weighted by Gasteiger charge is 2.32. The van der Waals surface area contributed by atoms with E-state index < -0.39 is 12.7 Å². The van der Waals surface area contributed by atoms with E-state index in [0.717, 1.165) is 5.56 Å². The maximum Gasteiger partial charge on any atom is 0.387 e. The van der Waals surface area contributed by atoms with Crippen LogP contribution in [0, 0.1) is 0 Å². The molecule has 0 spiro atoms. The first-order valence-electron chi connectivity index (χ1n) is 11.4. The minimum atomic E-state index is -2.91. The number of hydrogen-bond acceptors (Lipinski definition) is 5. The molecule has 0 unspecified atom stereocenters. The largest absolute Gasteiger partial charge is 0.435 e. The summed E-state index contributed by atoms with van der Waals surface area (Å²) in [4.78, 5) is 32.2. The van der Waals surface area contributed by atoms with Gasteiger partial charge in [0.05, 0.1) is 21.8 Å². The summed E-state index contributed by atoms with van der Waals surface area (Å²) in [6, 6.07) is 23.8. The number of hydrogen-bond donors (Lipinski definition) is 1. The van der Waals surface area contributed by atoms with Gasteiger partial charge in [0, 0.05) is 5.69 Å². The van der Waals surface area contributed by atoms with Gasteiger partial charge in [-0.25, -0.2) is 4.99 Å². The molecule has 5 rings (SSSR count). The van der Waals surface area contributed by atoms with Crippen LogP contribution in [0.4, 0.5) is 14.5 Å².